The van der Waals surface area contributed by atoms with Gasteiger partial charge in [0.25, 0.3) is 9.05 Å². The maximum atomic E-state index is 11.0. The van der Waals surface area contributed by atoms with Crippen LogP contribution < -0.4 is 0 Å². The SMILES string of the molecule is CCc1ccc2ccccc2c1COS(=O)(O)=S. The zero-order valence-electron chi connectivity index (χ0n) is 9.96. The molecule has 0 bridgehead atoms. The molecular formula is C13H14O3S2. The Bertz CT molecular complexity index is 663. The molecule has 0 saturated carbocycles. The van der Waals surface area contributed by atoms with Gasteiger partial charge in [-0.1, -0.05) is 43.3 Å². The molecule has 0 spiro atoms. The molecule has 0 aliphatic heterocycles. The van der Waals surface area contributed by atoms with E-state index in [0.717, 1.165) is 28.3 Å². The summed E-state index contributed by atoms with van der Waals surface area (Å²) in [6, 6.07) is 11.9. The molecular weight excluding hydrogens is 268 g/mol. The van der Waals surface area contributed by atoms with Gasteiger partial charge in [0, 0.05) is 11.2 Å². The summed E-state index contributed by atoms with van der Waals surface area (Å²) >= 11 is 4.35. The molecule has 0 aromatic heterocycles. The van der Waals surface area contributed by atoms with Crippen LogP contribution in [0, 0.1) is 0 Å². The van der Waals surface area contributed by atoms with Gasteiger partial charge in [0.15, 0.2) is 0 Å². The molecule has 0 saturated heterocycles. The van der Waals surface area contributed by atoms with Gasteiger partial charge in [-0.05, 0) is 28.3 Å². The number of hydrogen-bond acceptors (Lipinski definition) is 3. The summed E-state index contributed by atoms with van der Waals surface area (Å²) in [5.41, 5.74) is 2.04. The maximum Gasteiger partial charge on any atom is 0.266 e. The summed E-state index contributed by atoms with van der Waals surface area (Å²) in [5.74, 6) is 0. The van der Waals surface area contributed by atoms with Gasteiger partial charge in [-0.25, -0.2) is 0 Å². The second-order valence-electron chi connectivity index (χ2n) is 3.97. The van der Waals surface area contributed by atoms with Gasteiger partial charge in [-0.3, -0.25) is 8.74 Å². The highest BCUT2D eigenvalue weighted by atomic mass is 32.9. The smallest absolute Gasteiger partial charge is 0.266 e. The Labute approximate surface area is 111 Å². The molecule has 1 N–H and O–H groups in total. The molecule has 2 rings (SSSR count). The van der Waals surface area contributed by atoms with Crippen LogP contribution in [0.15, 0.2) is 36.4 Å². The van der Waals surface area contributed by atoms with E-state index in [0.29, 0.717) is 0 Å². The minimum Gasteiger partial charge on any atom is -0.285 e. The molecule has 1 atom stereocenters. The average molecular weight is 282 g/mol. The van der Waals surface area contributed by atoms with Gasteiger partial charge in [0.1, 0.15) is 0 Å². The van der Waals surface area contributed by atoms with E-state index in [2.05, 4.69) is 11.2 Å². The minimum atomic E-state index is -3.58. The highest BCUT2D eigenvalue weighted by molar-refractivity contribution is 8.27. The lowest BCUT2D eigenvalue weighted by atomic mass is 9.98. The van der Waals surface area contributed by atoms with Crippen molar-refractivity contribution in [2.75, 3.05) is 0 Å². The van der Waals surface area contributed by atoms with Crippen LogP contribution >= 0.6 is 0 Å². The Morgan fingerprint density at radius 3 is 2.67 bits per heavy atom. The summed E-state index contributed by atoms with van der Waals surface area (Å²) in [5, 5.41) is 2.12. The first-order valence-corrected chi connectivity index (χ1v) is 7.99. The molecule has 3 nitrogen and oxygen atoms in total. The Kier molecular flexibility index (Phi) is 3.97. The predicted molar refractivity (Wildman–Crippen MR) is 76.3 cm³/mol. The third kappa shape index (κ3) is 3.05. The number of aryl methyl sites for hydroxylation is 1. The first-order valence-electron chi connectivity index (χ1n) is 5.62. The molecule has 18 heavy (non-hydrogen) atoms. The van der Waals surface area contributed by atoms with E-state index >= 15 is 0 Å². The minimum absolute atomic E-state index is 0.0589. The molecule has 5 heteroatoms. The van der Waals surface area contributed by atoms with Crippen molar-refractivity contribution in [1.29, 1.82) is 0 Å². The molecule has 0 aliphatic carbocycles. The zero-order valence-corrected chi connectivity index (χ0v) is 11.6. The lowest BCUT2D eigenvalue weighted by Crippen LogP contribution is -2.04. The van der Waals surface area contributed by atoms with E-state index in [1.165, 1.54) is 0 Å². The Hall–Kier alpha value is -1.01. The van der Waals surface area contributed by atoms with E-state index in [-0.39, 0.29) is 6.61 Å². The monoisotopic (exact) mass is 282 g/mol. The van der Waals surface area contributed by atoms with E-state index in [1.807, 2.05) is 43.3 Å². The van der Waals surface area contributed by atoms with Crippen LogP contribution in [0.3, 0.4) is 0 Å². The topological polar surface area (TPSA) is 46.5 Å². The van der Waals surface area contributed by atoms with Crippen LogP contribution in [0.25, 0.3) is 10.8 Å². The van der Waals surface area contributed by atoms with Crippen molar-refractivity contribution in [3.8, 4) is 0 Å². The van der Waals surface area contributed by atoms with Crippen molar-refractivity contribution < 1.29 is 12.9 Å². The number of hydrogen-bond donors (Lipinski definition) is 1. The van der Waals surface area contributed by atoms with Gasteiger partial charge in [-0.2, -0.15) is 4.21 Å². The maximum absolute atomic E-state index is 11.0. The van der Waals surface area contributed by atoms with E-state index in [1.54, 1.807) is 0 Å². The highest BCUT2D eigenvalue weighted by Gasteiger charge is 2.09. The predicted octanol–water partition coefficient (Wildman–Crippen LogP) is 3.05. The van der Waals surface area contributed by atoms with Gasteiger partial charge in [0.05, 0.1) is 6.61 Å². The van der Waals surface area contributed by atoms with Gasteiger partial charge in [0.2, 0.25) is 0 Å². The lowest BCUT2D eigenvalue weighted by molar-refractivity contribution is 0.295. The molecule has 0 amide bonds. The first kappa shape index (κ1) is 13.4. The Morgan fingerprint density at radius 2 is 2.00 bits per heavy atom. The van der Waals surface area contributed by atoms with Crippen molar-refractivity contribution in [2.24, 2.45) is 0 Å². The second kappa shape index (κ2) is 5.32. The molecule has 2 aromatic rings. The fraction of sp³-hybridized carbons (Fsp3) is 0.231. The van der Waals surface area contributed by atoms with Crippen LogP contribution in [0.1, 0.15) is 18.1 Å². The summed E-state index contributed by atoms with van der Waals surface area (Å²) in [7, 11) is -3.58. The molecule has 2 aromatic carbocycles. The quantitative estimate of drug-likeness (QED) is 0.936. The molecule has 1 unspecified atom stereocenters. The van der Waals surface area contributed by atoms with E-state index < -0.39 is 9.05 Å². The zero-order chi connectivity index (χ0) is 13.2. The number of rotatable bonds is 4. The summed E-state index contributed by atoms with van der Waals surface area (Å²) < 4.78 is 24.9. The third-order valence-corrected chi connectivity index (χ3v) is 3.58. The van der Waals surface area contributed by atoms with Crippen molar-refractivity contribution in [3.05, 3.63) is 47.5 Å². The summed E-state index contributed by atoms with van der Waals surface area (Å²) in [4.78, 5) is 0. The van der Waals surface area contributed by atoms with Gasteiger partial charge < -0.3 is 0 Å². The molecule has 0 heterocycles. The first-order chi connectivity index (χ1) is 8.51. The second-order valence-corrected chi connectivity index (χ2v) is 6.32. The van der Waals surface area contributed by atoms with E-state index in [4.69, 9.17) is 8.74 Å². The number of benzene rings is 2. The normalized spacial score (nSPS) is 14.6. The molecule has 96 valence electrons. The molecule has 0 fully saturated rings. The van der Waals surface area contributed by atoms with Crippen molar-refractivity contribution in [3.63, 3.8) is 0 Å². The summed E-state index contributed by atoms with van der Waals surface area (Å²) in [6.45, 7) is 2.10. The van der Waals surface area contributed by atoms with Crippen molar-refractivity contribution >= 4 is 31.0 Å². The van der Waals surface area contributed by atoms with Crippen LogP contribution in [0.4, 0.5) is 0 Å². The van der Waals surface area contributed by atoms with Crippen LogP contribution in [-0.2, 0) is 37.5 Å². The van der Waals surface area contributed by atoms with Crippen molar-refractivity contribution in [1.82, 2.24) is 0 Å². The standard InChI is InChI=1S/C13H14O3S2/c1-2-10-7-8-11-5-3-4-6-12(11)13(10)9-16-18(14,15)17/h3-8H,2,9H2,1H3,(H,14,15,17). The fourth-order valence-corrected chi connectivity index (χ4v) is 2.43. The third-order valence-electron chi connectivity index (χ3n) is 2.87. The largest absolute Gasteiger partial charge is 0.285 e. The lowest BCUT2D eigenvalue weighted by Gasteiger charge is -2.11. The Morgan fingerprint density at radius 1 is 1.28 bits per heavy atom. The summed E-state index contributed by atoms with van der Waals surface area (Å²) in [6.07, 6.45) is 0.841. The van der Waals surface area contributed by atoms with Gasteiger partial charge >= 0.3 is 0 Å². The average Bonchev–Trinajstić information content (AvgIpc) is 2.34. The van der Waals surface area contributed by atoms with Gasteiger partial charge in [-0.15, -0.1) is 0 Å². The fourth-order valence-electron chi connectivity index (χ4n) is 2.02. The van der Waals surface area contributed by atoms with Crippen LogP contribution in [0.5, 0.6) is 0 Å². The number of fused-ring (bicyclic) bond motifs is 1. The van der Waals surface area contributed by atoms with Crippen LogP contribution in [0.2, 0.25) is 0 Å². The Balaban J connectivity index is 2.51. The molecule has 0 aliphatic rings. The van der Waals surface area contributed by atoms with Crippen LogP contribution in [-0.4, -0.2) is 8.76 Å². The highest BCUT2D eigenvalue weighted by Crippen LogP contribution is 2.24. The van der Waals surface area contributed by atoms with E-state index in [9.17, 15) is 4.21 Å². The molecule has 0 radical (unpaired) electrons. The van der Waals surface area contributed by atoms with Crippen molar-refractivity contribution in [2.45, 2.75) is 20.0 Å².